The van der Waals surface area contributed by atoms with Crippen molar-refractivity contribution in [3.05, 3.63) is 33.8 Å². The maximum atomic E-state index is 12.5. The fourth-order valence-electron chi connectivity index (χ4n) is 2.87. The van der Waals surface area contributed by atoms with Gasteiger partial charge in [0.05, 0.1) is 10.00 Å². The van der Waals surface area contributed by atoms with E-state index in [0.29, 0.717) is 29.4 Å². The number of nitrogens with zero attached hydrogens (tertiary/aromatic N) is 1. The van der Waals surface area contributed by atoms with Gasteiger partial charge < -0.3 is 4.90 Å². The van der Waals surface area contributed by atoms with Gasteiger partial charge in [0.2, 0.25) is 5.91 Å². The van der Waals surface area contributed by atoms with Crippen LogP contribution in [0.5, 0.6) is 0 Å². The molecule has 1 unspecified atom stereocenters. The van der Waals surface area contributed by atoms with Crippen molar-refractivity contribution in [3.8, 4) is 0 Å². The first-order valence-electron chi connectivity index (χ1n) is 7.98. The van der Waals surface area contributed by atoms with E-state index in [1.807, 2.05) is 0 Å². The van der Waals surface area contributed by atoms with Crippen molar-refractivity contribution in [1.82, 2.24) is 4.90 Å². The molecule has 0 bridgehead atoms. The molecule has 1 aliphatic heterocycles. The first-order valence-corrected chi connectivity index (χ1v) is 10.3. The van der Waals surface area contributed by atoms with Gasteiger partial charge in [0.1, 0.15) is 0 Å². The number of sulfone groups is 1. The second-order valence-electron chi connectivity index (χ2n) is 7.11. The summed E-state index contributed by atoms with van der Waals surface area (Å²) < 4.78 is 24.2. The number of likely N-dealkylation sites (tertiary alicyclic amines) is 1. The second kappa shape index (κ2) is 7.22. The molecule has 1 aromatic rings. The molecule has 0 aliphatic carbocycles. The summed E-state index contributed by atoms with van der Waals surface area (Å²) in [6, 6.07) is 5.25. The minimum Gasteiger partial charge on any atom is -0.341 e. The van der Waals surface area contributed by atoms with Crippen molar-refractivity contribution in [2.24, 2.45) is 0 Å². The zero-order chi connectivity index (χ0) is 18.1. The molecule has 0 aromatic heterocycles. The third-order valence-electron chi connectivity index (χ3n) is 4.44. The maximum absolute atomic E-state index is 12.5. The zero-order valence-corrected chi connectivity index (χ0v) is 16.5. The van der Waals surface area contributed by atoms with Crippen LogP contribution >= 0.6 is 23.2 Å². The lowest BCUT2D eigenvalue weighted by Gasteiger charge is -2.24. The van der Waals surface area contributed by atoms with Crippen LogP contribution in [0, 0.1) is 0 Å². The smallest absolute Gasteiger partial charge is 0.222 e. The summed E-state index contributed by atoms with van der Waals surface area (Å²) in [4.78, 5) is 14.0. The standard InChI is InChI=1S/C17H23Cl2NO3S/c1-17(2,3)24(22,23)12-9-10-20(11-12)16(21)8-7-13-14(18)5-4-6-15(13)19/h4-6,12H,7-11H2,1-3H3. The largest absolute Gasteiger partial charge is 0.341 e. The molecule has 0 saturated carbocycles. The Morgan fingerprint density at radius 2 is 1.83 bits per heavy atom. The highest BCUT2D eigenvalue weighted by atomic mass is 35.5. The summed E-state index contributed by atoms with van der Waals surface area (Å²) in [7, 11) is -3.26. The minimum absolute atomic E-state index is 0.0578. The Kier molecular flexibility index (Phi) is 5.88. The molecule has 4 nitrogen and oxygen atoms in total. The van der Waals surface area contributed by atoms with Crippen molar-refractivity contribution in [1.29, 1.82) is 0 Å². The van der Waals surface area contributed by atoms with Gasteiger partial charge in [-0.2, -0.15) is 0 Å². The highest BCUT2D eigenvalue weighted by Gasteiger charge is 2.41. The van der Waals surface area contributed by atoms with Crippen LogP contribution < -0.4 is 0 Å². The fraction of sp³-hybridized carbons (Fsp3) is 0.588. The van der Waals surface area contributed by atoms with Crippen LogP contribution in [0.3, 0.4) is 0 Å². The van der Waals surface area contributed by atoms with Gasteiger partial charge in [-0.05, 0) is 51.3 Å². The van der Waals surface area contributed by atoms with Crippen molar-refractivity contribution in [2.45, 2.75) is 50.0 Å². The molecule has 1 fully saturated rings. The van der Waals surface area contributed by atoms with E-state index in [0.717, 1.165) is 5.56 Å². The molecule has 1 heterocycles. The molecule has 1 saturated heterocycles. The van der Waals surface area contributed by atoms with Gasteiger partial charge in [-0.15, -0.1) is 0 Å². The van der Waals surface area contributed by atoms with E-state index in [1.54, 1.807) is 43.9 Å². The Hall–Kier alpha value is -0.780. The number of benzene rings is 1. The lowest BCUT2D eigenvalue weighted by molar-refractivity contribution is -0.130. The normalized spacial score (nSPS) is 18.9. The quantitative estimate of drug-likeness (QED) is 0.785. The van der Waals surface area contributed by atoms with E-state index < -0.39 is 19.8 Å². The van der Waals surface area contributed by atoms with Crippen LogP contribution in [0.25, 0.3) is 0 Å². The van der Waals surface area contributed by atoms with Crippen LogP contribution in [0.1, 0.15) is 39.2 Å². The van der Waals surface area contributed by atoms with Gasteiger partial charge in [-0.3, -0.25) is 4.79 Å². The number of carbonyl (C=O) groups is 1. The summed E-state index contributed by atoms with van der Waals surface area (Å²) in [5.41, 5.74) is 0.757. The van der Waals surface area contributed by atoms with Gasteiger partial charge in [0, 0.05) is 29.6 Å². The Morgan fingerprint density at radius 1 is 1.25 bits per heavy atom. The number of amides is 1. The van der Waals surface area contributed by atoms with E-state index in [9.17, 15) is 13.2 Å². The molecule has 1 amide bonds. The van der Waals surface area contributed by atoms with Crippen LogP contribution in [0.4, 0.5) is 0 Å². The third-order valence-corrected chi connectivity index (χ3v) is 8.12. The number of hydrogen-bond acceptors (Lipinski definition) is 3. The van der Waals surface area contributed by atoms with Crippen molar-refractivity contribution < 1.29 is 13.2 Å². The van der Waals surface area contributed by atoms with Crippen LogP contribution in [-0.4, -0.2) is 42.3 Å². The lowest BCUT2D eigenvalue weighted by Crippen LogP contribution is -2.39. The van der Waals surface area contributed by atoms with E-state index in [-0.39, 0.29) is 18.9 Å². The highest BCUT2D eigenvalue weighted by Crippen LogP contribution is 2.29. The molecule has 2 rings (SSSR count). The van der Waals surface area contributed by atoms with Gasteiger partial charge in [-0.25, -0.2) is 8.42 Å². The number of halogens is 2. The molecule has 24 heavy (non-hydrogen) atoms. The first kappa shape index (κ1) is 19.5. The number of carbonyl (C=O) groups excluding carboxylic acids is 1. The third kappa shape index (κ3) is 4.06. The van der Waals surface area contributed by atoms with Gasteiger partial charge in [-0.1, -0.05) is 29.3 Å². The Balaban J connectivity index is 1.98. The van der Waals surface area contributed by atoms with Crippen molar-refractivity contribution >= 4 is 38.9 Å². The molecular weight excluding hydrogens is 369 g/mol. The molecule has 1 atom stereocenters. The second-order valence-corrected chi connectivity index (χ2v) is 10.9. The van der Waals surface area contributed by atoms with E-state index >= 15 is 0 Å². The predicted octanol–water partition coefficient (Wildman–Crippen LogP) is 3.74. The zero-order valence-electron chi connectivity index (χ0n) is 14.2. The van der Waals surface area contributed by atoms with Gasteiger partial charge in [0.25, 0.3) is 0 Å². The summed E-state index contributed by atoms with van der Waals surface area (Å²) >= 11 is 12.2. The van der Waals surface area contributed by atoms with Gasteiger partial charge >= 0.3 is 0 Å². The highest BCUT2D eigenvalue weighted by molar-refractivity contribution is 7.93. The summed E-state index contributed by atoms with van der Waals surface area (Å²) in [6.45, 7) is 5.86. The summed E-state index contributed by atoms with van der Waals surface area (Å²) in [5.74, 6) is -0.0578. The first-order chi connectivity index (χ1) is 11.0. The summed E-state index contributed by atoms with van der Waals surface area (Å²) in [6.07, 6.45) is 1.22. The molecule has 0 N–H and O–H groups in total. The topological polar surface area (TPSA) is 54.5 Å². The van der Waals surface area contributed by atoms with Crippen LogP contribution in [0.2, 0.25) is 10.0 Å². The average Bonchev–Trinajstić information content (AvgIpc) is 2.95. The molecule has 7 heteroatoms. The predicted molar refractivity (Wildman–Crippen MR) is 98.4 cm³/mol. The number of rotatable bonds is 4. The Morgan fingerprint density at radius 3 is 2.38 bits per heavy atom. The minimum atomic E-state index is -3.26. The van der Waals surface area contributed by atoms with Crippen LogP contribution in [-0.2, 0) is 21.1 Å². The van der Waals surface area contributed by atoms with Gasteiger partial charge in [0.15, 0.2) is 9.84 Å². The monoisotopic (exact) mass is 391 g/mol. The maximum Gasteiger partial charge on any atom is 0.222 e. The lowest BCUT2D eigenvalue weighted by atomic mass is 10.1. The molecular formula is C17H23Cl2NO3S. The van der Waals surface area contributed by atoms with E-state index in [1.165, 1.54) is 0 Å². The van der Waals surface area contributed by atoms with Crippen LogP contribution in [0.15, 0.2) is 18.2 Å². The van der Waals surface area contributed by atoms with E-state index in [2.05, 4.69) is 0 Å². The fourth-order valence-corrected chi connectivity index (χ4v) is 5.25. The van der Waals surface area contributed by atoms with Crippen molar-refractivity contribution in [2.75, 3.05) is 13.1 Å². The van der Waals surface area contributed by atoms with E-state index in [4.69, 9.17) is 23.2 Å². The SMILES string of the molecule is CC(C)(C)S(=O)(=O)C1CCN(C(=O)CCc2c(Cl)cccc2Cl)C1. The molecule has 0 radical (unpaired) electrons. The number of hydrogen-bond donors (Lipinski definition) is 0. The molecule has 134 valence electrons. The molecule has 1 aromatic carbocycles. The Labute approximate surface area is 154 Å². The summed E-state index contributed by atoms with van der Waals surface area (Å²) in [5, 5.41) is 0.611. The Bertz CT molecular complexity index is 706. The molecule has 0 spiro atoms. The van der Waals surface area contributed by atoms with Crippen molar-refractivity contribution in [3.63, 3.8) is 0 Å². The molecule has 1 aliphatic rings. The average molecular weight is 392 g/mol.